The number of anilines is 2. The van der Waals surface area contributed by atoms with E-state index in [0.29, 0.717) is 46.2 Å². The lowest BCUT2D eigenvalue weighted by Gasteiger charge is -2.18. The minimum absolute atomic E-state index is 0.0894. The first kappa shape index (κ1) is 22.6. The van der Waals surface area contributed by atoms with Crippen LogP contribution in [0.2, 0.25) is 10.0 Å². The number of fused-ring (bicyclic) bond motifs is 1. The van der Waals surface area contributed by atoms with Gasteiger partial charge < -0.3 is 5.32 Å². The standard InChI is InChI=1S/C24H18Cl2N4O3S/c25-19-6-5-16(14-18(19)23-17-3-1-9-27-21(17)8-10-28-23)29-24(31)15-4-7-22(20(26)13-15)30-11-2-12-34(30,32)33/h1,3-10,13-14H,2,11-12H2,(H,29,31). The number of carbonyl (C=O) groups excluding carboxylic acids is 1. The molecule has 1 amide bonds. The summed E-state index contributed by atoms with van der Waals surface area (Å²) in [6, 6.07) is 15.3. The maximum atomic E-state index is 12.9. The summed E-state index contributed by atoms with van der Waals surface area (Å²) < 4.78 is 25.7. The van der Waals surface area contributed by atoms with Crippen LogP contribution in [0.4, 0.5) is 11.4 Å². The third-order valence-electron chi connectivity index (χ3n) is 5.59. The molecule has 5 rings (SSSR count). The van der Waals surface area contributed by atoms with Gasteiger partial charge in [-0.05, 0) is 61.0 Å². The summed E-state index contributed by atoms with van der Waals surface area (Å²) in [5, 5.41) is 4.37. The van der Waals surface area contributed by atoms with Crippen molar-refractivity contribution < 1.29 is 13.2 Å². The van der Waals surface area contributed by atoms with Crippen LogP contribution in [-0.4, -0.2) is 36.6 Å². The van der Waals surface area contributed by atoms with Crippen molar-refractivity contribution in [3.63, 3.8) is 0 Å². The average molecular weight is 513 g/mol. The highest BCUT2D eigenvalue weighted by Gasteiger charge is 2.30. The Kier molecular flexibility index (Phi) is 5.89. The van der Waals surface area contributed by atoms with Crippen LogP contribution in [0, 0.1) is 0 Å². The molecule has 1 aliphatic rings. The molecule has 2 aromatic carbocycles. The van der Waals surface area contributed by atoms with Crippen molar-refractivity contribution in [1.82, 2.24) is 9.97 Å². The van der Waals surface area contributed by atoms with Crippen molar-refractivity contribution >= 4 is 61.4 Å². The Hall–Kier alpha value is -3.20. The number of rotatable bonds is 4. The number of nitrogens with zero attached hydrogens (tertiary/aromatic N) is 3. The molecule has 3 heterocycles. The molecule has 1 fully saturated rings. The zero-order chi connectivity index (χ0) is 23.9. The molecule has 0 spiro atoms. The number of hydrogen-bond donors (Lipinski definition) is 1. The topological polar surface area (TPSA) is 92.3 Å². The lowest BCUT2D eigenvalue weighted by atomic mass is 10.1. The molecule has 1 N–H and O–H groups in total. The maximum Gasteiger partial charge on any atom is 0.255 e. The summed E-state index contributed by atoms with van der Waals surface area (Å²) in [6.45, 7) is 0.374. The molecule has 0 radical (unpaired) electrons. The van der Waals surface area contributed by atoms with Gasteiger partial charge in [0.25, 0.3) is 5.91 Å². The number of carbonyl (C=O) groups is 1. The number of halogens is 2. The Morgan fingerprint density at radius 1 is 0.971 bits per heavy atom. The van der Waals surface area contributed by atoms with E-state index in [1.165, 1.54) is 10.4 Å². The van der Waals surface area contributed by atoms with E-state index in [0.717, 1.165) is 10.9 Å². The summed E-state index contributed by atoms with van der Waals surface area (Å²) >= 11 is 12.8. The van der Waals surface area contributed by atoms with E-state index < -0.39 is 15.9 Å². The molecule has 0 saturated carbocycles. The molecular formula is C24H18Cl2N4O3S. The van der Waals surface area contributed by atoms with Gasteiger partial charge in [0.15, 0.2) is 0 Å². The van der Waals surface area contributed by atoms with Crippen molar-refractivity contribution in [2.45, 2.75) is 6.42 Å². The summed E-state index contributed by atoms with van der Waals surface area (Å²) in [4.78, 5) is 21.7. The summed E-state index contributed by atoms with van der Waals surface area (Å²) in [5.41, 5.74) is 3.30. The fourth-order valence-corrected chi connectivity index (χ4v) is 6.09. The smallest absolute Gasteiger partial charge is 0.255 e. The molecule has 0 unspecified atom stereocenters. The predicted molar refractivity (Wildman–Crippen MR) is 135 cm³/mol. The normalized spacial score (nSPS) is 14.9. The molecule has 2 aromatic heterocycles. The number of benzene rings is 2. The van der Waals surface area contributed by atoms with E-state index in [-0.39, 0.29) is 10.8 Å². The molecule has 1 aliphatic heterocycles. The Morgan fingerprint density at radius 2 is 1.82 bits per heavy atom. The largest absolute Gasteiger partial charge is 0.322 e. The summed E-state index contributed by atoms with van der Waals surface area (Å²) in [7, 11) is -3.37. The summed E-state index contributed by atoms with van der Waals surface area (Å²) in [5.74, 6) is -0.301. The van der Waals surface area contributed by atoms with Crippen molar-refractivity contribution in [2.24, 2.45) is 0 Å². The number of sulfonamides is 1. The van der Waals surface area contributed by atoms with Crippen LogP contribution in [-0.2, 0) is 10.0 Å². The number of aromatic nitrogens is 2. The second-order valence-corrected chi connectivity index (χ2v) is 10.6. The van der Waals surface area contributed by atoms with Crippen LogP contribution in [0.1, 0.15) is 16.8 Å². The fraction of sp³-hybridized carbons (Fsp3) is 0.125. The minimum atomic E-state index is -3.37. The van der Waals surface area contributed by atoms with Gasteiger partial charge >= 0.3 is 0 Å². The van der Waals surface area contributed by atoms with Crippen LogP contribution in [0.5, 0.6) is 0 Å². The van der Waals surface area contributed by atoms with E-state index in [1.807, 2.05) is 18.2 Å². The fourth-order valence-electron chi connectivity index (χ4n) is 3.97. The van der Waals surface area contributed by atoms with Gasteiger partial charge in [-0.3, -0.25) is 19.1 Å². The number of hydrogen-bond acceptors (Lipinski definition) is 5. The zero-order valence-corrected chi connectivity index (χ0v) is 20.0. The van der Waals surface area contributed by atoms with Crippen LogP contribution in [0.25, 0.3) is 22.2 Å². The monoisotopic (exact) mass is 512 g/mol. The van der Waals surface area contributed by atoms with Crippen molar-refractivity contribution in [3.05, 3.63) is 82.6 Å². The molecule has 10 heteroatoms. The number of amides is 1. The highest BCUT2D eigenvalue weighted by atomic mass is 35.5. The molecular weight excluding hydrogens is 495 g/mol. The van der Waals surface area contributed by atoms with Crippen LogP contribution in [0.3, 0.4) is 0 Å². The lowest BCUT2D eigenvalue weighted by Crippen LogP contribution is -2.25. The van der Waals surface area contributed by atoms with E-state index in [9.17, 15) is 13.2 Å². The highest BCUT2D eigenvalue weighted by Crippen LogP contribution is 2.34. The van der Waals surface area contributed by atoms with Gasteiger partial charge in [0.05, 0.1) is 32.7 Å². The molecule has 0 atom stereocenters. The quantitative estimate of drug-likeness (QED) is 0.395. The Bertz CT molecular complexity index is 1540. The van der Waals surface area contributed by atoms with E-state index >= 15 is 0 Å². The van der Waals surface area contributed by atoms with Crippen LogP contribution >= 0.6 is 23.2 Å². The molecule has 4 aromatic rings. The molecule has 1 saturated heterocycles. The van der Waals surface area contributed by atoms with Gasteiger partial charge in [-0.1, -0.05) is 23.2 Å². The molecule has 7 nitrogen and oxygen atoms in total. The van der Waals surface area contributed by atoms with E-state index in [4.69, 9.17) is 23.2 Å². The first-order chi connectivity index (χ1) is 16.3. The van der Waals surface area contributed by atoms with Gasteiger partial charge in [-0.2, -0.15) is 0 Å². The van der Waals surface area contributed by atoms with E-state index in [1.54, 1.807) is 42.7 Å². The molecule has 0 aliphatic carbocycles. The van der Waals surface area contributed by atoms with Gasteiger partial charge in [0, 0.05) is 41.1 Å². The van der Waals surface area contributed by atoms with Crippen molar-refractivity contribution in [3.8, 4) is 11.3 Å². The Morgan fingerprint density at radius 3 is 2.59 bits per heavy atom. The third-order valence-corrected chi connectivity index (χ3v) is 8.07. The van der Waals surface area contributed by atoms with Crippen molar-refractivity contribution in [2.75, 3.05) is 21.9 Å². The average Bonchev–Trinajstić information content (AvgIpc) is 3.18. The lowest BCUT2D eigenvalue weighted by molar-refractivity contribution is 0.102. The summed E-state index contributed by atoms with van der Waals surface area (Å²) in [6.07, 6.45) is 3.91. The minimum Gasteiger partial charge on any atom is -0.322 e. The van der Waals surface area contributed by atoms with Gasteiger partial charge in [0.1, 0.15) is 0 Å². The Labute approximate surface area is 206 Å². The Balaban J connectivity index is 1.43. The van der Waals surface area contributed by atoms with Gasteiger partial charge in [-0.15, -0.1) is 0 Å². The van der Waals surface area contributed by atoms with Gasteiger partial charge in [0.2, 0.25) is 10.0 Å². The maximum absolute atomic E-state index is 12.9. The molecule has 172 valence electrons. The van der Waals surface area contributed by atoms with Crippen LogP contribution in [0.15, 0.2) is 67.0 Å². The second-order valence-electron chi connectivity index (χ2n) is 7.79. The second kappa shape index (κ2) is 8.87. The van der Waals surface area contributed by atoms with Gasteiger partial charge in [-0.25, -0.2) is 8.42 Å². The SMILES string of the molecule is O=C(Nc1ccc(Cl)c(-c2nccc3ncccc23)c1)c1ccc(N2CCCS2(=O)=O)c(Cl)c1. The highest BCUT2D eigenvalue weighted by molar-refractivity contribution is 7.93. The first-order valence-electron chi connectivity index (χ1n) is 10.4. The zero-order valence-electron chi connectivity index (χ0n) is 17.7. The number of nitrogens with one attached hydrogen (secondary N) is 1. The first-order valence-corrected chi connectivity index (χ1v) is 12.8. The predicted octanol–water partition coefficient (Wildman–Crippen LogP) is 5.40. The molecule has 34 heavy (non-hydrogen) atoms. The van der Waals surface area contributed by atoms with Crippen molar-refractivity contribution in [1.29, 1.82) is 0 Å². The van der Waals surface area contributed by atoms with E-state index in [2.05, 4.69) is 15.3 Å². The van der Waals surface area contributed by atoms with Crippen LogP contribution < -0.4 is 9.62 Å². The molecule has 0 bridgehead atoms. The third kappa shape index (κ3) is 4.20. The number of pyridine rings is 2.